The number of hydrogen-bond acceptors (Lipinski definition) is 4. The molecule has 108 valence electrons. The zero-order valence-corrected chi connectivity index (χ0v) is 11.4. The van der Waals surface area contributed by atoms with Gasteiger partial charge in [0.05, 0.1) is 12.6 Å². The molecule has 0 bridgehead atoms. The van der Waals surface area contributed by atoms with Gasteiger partial charge in [-0.05, 0) is 37.0 Å². The lowest BCUT2D eigenvalue weighted by Crippen LogP contribution is -2.37. The maximum Gasteiger partial charge on any atom is 0.231 e. The minimum Gasteiger partial charge on any atom is -0.454 e. The van der Waals surface area contributed by atoms with Crippen molar-refractivity contribution in [1.82, 2.24) is 4.90 Å². The molecule has 1 fully saturated rings. The predicted molar refractivity (Wildman–Crippen MR) is 72.7 cm³/mol. The van der Waals surface area contributed by atoms with Crippen molar-refractivity contribution in [2.75, 3.05) is 19.9 Å². The van der Waals surface area contributed by atoms with Crippen LogP contribution in [-0.2, 0) is 11.2 Å². The third-order valence-electron chi connectivity index (χ3n) is 3.97. The van der Waals surface area contributed by atoms with Gasteiger partial charge in [0.25, 0.3) is 0 Å². The normalized spacial score (nSPS) is 20.4. The Morgan fingerprint density at radius 2 is 2.20 bits per heavy atom. The number of amides is 1. The molecule has 5 nitrogen and oxygen atoms in total. The molecule has 0 saturated carbocycles. The number of fused-ring (bicyclic) bond motifs is 1. The molecule has 0 radical (unpaired) electrons. The van der Waals surface area contributed by atoms with Crippen molar-refractivity contribution in [1.29, 1.82) is 0 Å². The average Bonchev–Trinajstić information content (AvgIpc) is 3.12. The van der Waals surface area contributed by atoms with Gasteiger partial charge in [-0.15, -0.1) is 0 Å². The summed E-state index contributed by atoms with van der Waals surface area (Å²) < 4.78 is 10.6. The molecule has 20 heavy (non-hydrogen) atoms. The Bertz CT molecular complexity index is 503. The third-order valence-corrected chi connectivity index (χ3v) is 3.97. The van der Waals surface area contributed by atoms with E-state index in [0.717, 1.165) is 36.4 Å². The van der Waals surface area contributed by atoms with Crippen LogP contribution in [0.15, 0.2) is 18.2 Å². The van der Waals surface area contributed by atoms with Crippen molar-refractivity contribution in [2.45, 2.75) is 31.7 Å². The first-order valence-electron chi connectivity index (χ1n) is 7.07. The standard InChI is InChI=1S/C15H19NO4/c17-9-12-2-1-7-16(12)15(18)6-4-11-3-5-13-14(8-11)20-10-19-13/h3,5,8,12,17H,1-2,4,6-7,9-10H2/t12-/m1/s1. The highest BCUT2D eigenvalue weighted by atomic mass is 16.7. The molecule has 2 aliphatic rings. The molecule has 0 spiro atoms. The Kier molecular flexibility index (Phi) is 3.78. The van der Waals surface area contributed by atoms with Crippen LogP contribution in [0.3, 0.4) is 0 Å². The van der Waals surface area contributed by atoms with Gasteiger partial charge in [0.15, 0.2) is 11.5 Å². The molecular weight excluding hydrogens is 258 g/mol. The van der Waals surface area contributed by atoms with Gasteiger partial charge in [0.2, 0.25) is 12.7 Å². The number of carbonyl (C=O) groups excluding carboxylic acids is 1. The van der Waals surface area contributed by atoms with Gasteiger partial charge in [-0.2, -0.15) is 0 Å². The highest BCUT2D eigenvalue weighted by Crippen LogP contribution is 2.32. The van der Waals surface area contributed by atoms with Gasteiger partial charge in [-0.3, -0.25) is 4.79 Å². The van der Waals surface area contributed by atoms with E-state index in [0.29, 0.717) is 12.8 Å². The summed E-state index contributed by atoms with van der Waals surface area (Å²) in [5.74, 6) is 1.64. The topological polar surface area (TPSA) is 59.0 Å². The van der Waals surface area contributed by atoms with E-state index >= 15 is 0 Å². The van der Waals surface area contributed by atoms with E-state index in [9.17, 15) is 9.90 Å². The minimum absolute atomic E-state index is 0.0132. The van der Waals surface area contributed by atoms with Crippen LogP contribution < -0.4 is 9.47 Å². The number of aryl methyl sites for hydroxylation is 1. The van der Waals surface area contributed by atoms with Crippen LogP contribution in [-0.4, -0.2) is 41.9 Å². The van der Waals surface area contributed by atoms with Crippen molar-refractivity contribution in [3.05, 3.63) is 23.8 Å². The molecule has 1 N–H and O–H groups in total. The van der Waals surface area contributed by atoms with Gasteiger partial charge in [0.1, 0.15) is 0 Å². The van der Waals surface area contributed by atoms with Gasteiger partial charge < -0.3 is 19.5 Å². The van der Waals surface area contributed by atoms with Crippen LogP contribution in [0.4, 0.5) is 0 Å². The Morgan fingerprint density at radius 1 is 1.35 bits per heavy atom. The highest BCUT2D eigenvalue weighted by Gasteiger charge is 2.27. The molecule has 2 heterocycles. The largest absolute Gasteiger partial charge is 0.454 e. The Labute approximate surface area is 118 Å². The SMILES string of the molecule is O=C(CCc1ccc2c(c1)OCO2)N1CCC[C@@H]1CO. The monoisotopic (exact) mass is 277 g/mol. The summed E-state index contributed by atoms with van der Waals surface area (Å²) in [5, 5.41) is 9.25. The zero-order valence-electron chi connectivity index (χ0n) is 11.4. The van der Waals surface area contributed by atoms with Crippen LogP contribution in [0, 0.1) is 0 Å². The number of ether oxygens (including phenoxy) is 2. The van der Waals surface area contributed by atoms with Crippen molar-refractivity contribution in [3.63, 3.8) is 0 Å². The highest BCUT2D eigenvalue weighted by molar-refractivity contribution is 5.77. The molecule has 0 aliphatic carbocycles. The second-order valence-electron chi connectivity index (χ2n) is 5.25. The molecule has 0 aromatic heterocycles. The first-order valence-corrected chi connectivity index (χ1v) is 7.07. The van der Waals surface area contributed by atoms with Gasteiger partial charge >= 0.3 is 0 Å². The fraction of sp³-hybridized carbons (Fsp3) is 0.533. The lowest BCUT2D eigenvalue weighted by atomic mass is 10.1. The minimum atomic E-state index is 0.0132. The van der Waals surface area contributed by atoms with E-state index in [2.05, 4.69) is 0 Å². The molecule has 5 heteroatoms. The summed E-state index contributed by atoms with van der Waals surface area (Å²) >= 11 is 0. The van der Waals surface area contributed by atoms with E-state index in [-0.39, 0.29) is 25.3 Å². The Hall–Kier alpha value is -1.75. The molecule has 2 aliphatic heterocycles. The molecule has 0 unspecified atom stereocenters. The van der Waals surface area contributed by atoms with Crippen LogP contribution in [0.5, 0.6) is 11.5 Å². The van der Waals surface area contributed by atoms with Crippen molar-refractivity contribution in [2.24, 2.45) is 0 Å². The first kappa shape index (κ1) is 13.2. The number of rotatable bonds is 4. The van der Waals surface area contributed by atoms with E-state index < -0.39 is 0 Å². The maximum absolute atomic E-state index is 12.2. The van der Waals surface area contributed by atoms with Crippen LogP contribution in [0.2, 0.25) is 0 Å². The summed E-state index contributed by atoms with van der Waals surface area (Å²) in [6.45, 7) is 1.10. The van der Waals surface area contributed by atoms with Crippen LogP contribution in [0.1, 0.15) is 24.8 Å². The van der Waals surface area contributed by atoms with E-state index in [1.165, 1.54) is 0 Å². The molecule has 1 aromatic rings. The fourth-order valence-electron chi connectivity index (χ4n) is 2.85. The average molecular weight is 277 g/mol. The molecule has 1 saturated heterocycles. The van der Waals surface area contributed by atoms with E-state index in [4.69, 9.17) is 9.47 Å². The number of hydrogen-bond donors (Lipinski definition) is 1. The first-order chi connectivity index (χ1) is 9.78. The second kappa shape index (κ2) is 5.71. The van der Waals surface area contributed by atoms with Crippen molar-refractivity contribution >= 4 is 5.91 Å². The van der Waals surface area contributed by atoms with Gasteiger partial charge in [0, 0.05) is 13.0 Å². The molecule has 1 amide bonds. The summed E-state index contributed by atoms with van der Waals surface area (Å²) in [5.41, 5.74) is 1.07. The maximum atomic E-state index is 12.2. The number of carbonyl (C=O) groups is 1. The summed E-state index contributed by atoms with van der Waals surface area (Å²) in [6, 6.07) is 5.80. The van der Waals surface area contributed by atoms with E-state index in [1.54, 1.807) is 0 Å². The summed E-state index contributed by atoms with van der Waals surface area (Å²) in [4.78, 5) is 14.0. The lowest BCUT2D eigenvalue weighted by molar-refractivity contribution is -0.132. The number of aliphatic hydroxyl groups is 1. The predicted octanol–water partition coefficient (Wildman–Crippen LogP) is 1.33. The van der Waals surface area contributed by atoms with Crippen LogP contribution in [0.25, 0.3) is 0 Å². The number of benzene rings is 1. The number of aliphatic hydroxyl groups excluding tert-OH is 1. The lowest BCUT2D eigenvalue weighted by Gasteiger charge is -2.23. The zero-order chi connectivity index (χ0) is 13.9. The van der Waals surface area contributed by atoms with Crippen LogP contribution >= 0.6 is 0 Å². The number of nitrogens with zero attached hydrogens (tertiary/aromatic N) is 1. The third kappa shape index (κ3) is 2.58. The fourth-order valence-corrected chi connectivity index (χ4v) is 2.85. The smallest absolute Gasteiger partial charge is 0.231 e. The summed E-state index contributed by atoms with van der Waals surface area (Å²) in [7, 11) is 0. The van der Waals surface area contributed by atoms with Gasteiger partial charge in [-0.25, -0.2) is 0 Å². The number of likely N-dealkylation sites (tertiary alicyclic amines) is 1. The Morgan fingerprint density at radius 3 is 3.05 bits per heavy atom. The quantitative estimate of drug-likeness (QED) is 0.902. The van der Waals surface area contributed by atoms with Crippen molar-refractivity contribution < 1.29 is 19.4 Å². The Balaban J connectivity index is 1.58. The van der Waals surface area contributed by atoms with E-state index in [1.807, 2.05) is 23.1 Å². The molecule has 1 atom stereocenters. The molecular formula is C15H19NO4. The second-order valence-corrected chi connectivity index (χ2v) is 5.25. The van der Waals surface area contributed by atoms with Crippen molar-refractivity contribution in [3.8, 4) is 11.5 Å². The van der Waals surface area contributed by atoms with Gasteiger partial charge in [-0.1, -0.05) is 6.07 Å². The summed E-state index contributed by atoms with van der Waals surface area (Å²) in [6.07, 6.45) is 3.05. The molecule has 1 aromatic carbocycles. The molecule has 3 rings (SSSR count).